The van der Waals surface area contributed by atoms with Crippen molar-refractivity contribution in [2.45, 2.75) is 37.4 Å². The van der Waals surface area contributed by atoms with E-state index >= 15 is 0 Å². The third-order valence-corrected chi connectivity index (χ3v) is 4.31. The molecule has 0 saturated heterocycles. The third-order valence-electron chi connectivity index (χ3n) is 3.40. The van der Waals surface area contributed by atoms with Crippen LogP contribution in [0.3, 0.4) is 0 Å². The van der Waals surface area contributed by atoms with Crippen LogP contribution in [0.15, 0.2) is 16.7 Å². The highest BCUT2D eigenvalue weighted by molar-refractivity contribution is 9.09. The fourth-order valence-electron chi connectivity index (χ4n) is 2.25. The van der Waals surface area contributed by atoms with Crippen LogP contribution in [-0.2, 0) is 0 Å². The van der Waals surface area contributed by atoms with E-state index in [2.05, 4.69) is 21.2 Å². The Bertz CT molecular complexity index is 381. The number of carbonyl (C=O) groups is 1. The number of rotatable bonds is 3. The summed E-state index contributed by atoms with van der Waals surface area (Å²) in [5.41, 5.74) is 0.895. The molecule has 1 fully saturated rings. The molecule has 1 saturated carbocycles. The molecule has 94 valence electrons. The molecule has 1 N–H and O–H groups in total. The van der Waals surface area contributed by atoms with Crippen LogP contribution < -0.4 is 5.32 Å². The number of furan rings is 1. The zero-order valence-corrected chi connectivity index (χ0v) is 11.6. The van der Waals surface area contributed by atoms with Gasteiger partial charge < -0.3 is 9.73 Å². The third kappa shape index (κ3) is 3.35. The zero-order valence-electron chi connectivity index (χ0n) is 10.0. The van der Waals surface area contributed by atoms with Crippen molar-refractivity contribution >= 4 is 21.8 Å². The Morgan fingerprint density at radius 3 is 2.76 bits per heavy atom. The van der Waals surface area contributed by atoms with E-state index in [-0.39, 0.29) is 5.91 Å². The second kappa shape index (κ2) is 5.71. The summed E-state index contributed by atoms with van der Waals surface area (Å²) in [6.45, 7) is 2.65. The van der Waals surface area contributed by atoms with Gasteiger partial charge in [0.2, 0.25) is 0 Å². The molecule has 1 aromatic heterocycles. The molecule has 1 heterocycles. The normalized spacial score (nSPS) is 24.6. The first-order valence-electron chi connectivity index (χ1n) is 6.13. The van der Waals surface area contributed by atoms with Crippen LogP contribution in [0, 0.1) is 12.8 Å². The molecule has 3 nitrogen and oxygen atoms in total. The van der Waals surface area contributed by atoms with Crippen LogP contribution in [-0.4, -0.2) is 17.3 Å². The van der Waals surface area contributed by atoms with Crippen LogP contribution in [0.4, 0.5) is 0 Å². The van der Waals surface area contributed by atoms with Crippen molar-refractivity contribution in [3.05, 3.63) is 23.7 Å². The van der Waals surface area contributed by atoms with E-state index in [0.717, 1.165) is 12.1 Å². The highest BCUT2D eigenvalue weighted by Gasteiger charge is 2.20. The number of nitrogens with one attached hydrogen (secondary N) is 1. The van der Waals surface area contributed by atoms with Crippen molar-refractivity contribution in [1.29, 1.82) is 0 Å². The van der Waals surface area contributed by atoms with Crippen molar-refractivity contribution in [1.82, 2.24) is 5.32 Å². The maximum atomic E-state index is 11.8. The minimum atomic E-state index is -0.0894. The Balaban J connectivity index is 1.79. The van der Waals surface area contributed by atoms with Gasteiger partial charge in [-0.25, -0.2) is 0 Å². The van der Waals surface area contributed by atoms with Gasteiger partial charge in [-0.15, -0.1) is 0 Å². The van der Waals surface area contributed by atoms with E-state index in [1.54, 1.807) is 6.26 Å². The summed E-state index contributed by atoms with van der Waals surface area (Å²) >= 11 is 3.63. The van der Waals surface area contributed by atoms with Crippen molar-refractivity contribution in [3.63, 3.8) is 0 Å². The average molecular weight is 300 g/mol. The minimum Gasteiger partial charge on any atom is -0.459 e. The van der Waals surface area contributed by atoms with E-state index in [0.29, 0.717) is 16.5 Å². The molecule has 4 heteroatoms. The second-order valence-corrected chi connectivity index (χ2v) is 6.06. The summed E-state index contributed by atoms with van der Waals surface area (Å²) in [5.74, 6) is 0.968. The molecular formula is C13H18BrNO2. The average Bonchev–Trinajstić information content (AvgIpc) is 2.74. The predicted octanol–water partition coefficient (Wildman–Crippen LogP) is 3.27. The van der Waals surface area contributed by atoms with Gasteiger partial charge in [-0.05, 0) is 44.6 Å². The lowest BCUT2D eigenvalue weighted by molar-refractivity contribution is 0.0915. The van der Waals surface area contributed by atoms with Gasteiger partial charge in [-0.1, -0.05) is 15.9 Å². The topological polar surface area (TPSA) is 42.2 Å². The lowest BCUT2D eigenvalue weighted by atomic mass is 9.89. The van der Waals surface area contributed by atoms with Gasteiger partial charge in [0.25, 0.3) is 5.91 Å². The fraction of sp³-hybridized carbons (Fsp3) is 0.615. The number of halogens is 1. The SMILES string of the molecule is Cc1ccoc1C(=O)NCC1CCC(Br)CC1. The van der Waals surface area contributed by atoms with E-state index in [1.807, 2.05) is 13.0 Å². The predicted molar refractivity (Wildman–Crippen MR) is 70.5 cm³/mol. The molecule has 0 bridgehead atoms. The Labute approximate surface area is 110 Å². The monoisotopic (exact) mass is 299 g/mol. The lowest BCUT2D eigenvalue weighted by Gasteiger charge is -2.25. The molecular weight excluding hydrogens is 282 g/mol. The highest BCUT2D eigenvalue weighted by atomic mass is 79.9. The lowest BCUT2D eigenvalue weighted by Crippen LogP contribution is -2.31. The molecule has 2 rings (SSSR count). The highest BCUT2D eigenvalue weighted by Crippen LogP contribution is 2.28. The van der Waals surface area contributed by atoms with Gasteiger partial charge in [0.15, 0.2) is 5.76 Å². The fourth-order valence-corrected chi connectivity index (χ4v) is 2.78. The molecule has 1 aromatic rings. The summed E-state index contributed by atoms with van der Waals surface area (Å²) in [7, 11) is 0. The summed E-state index contributed by atoms with van der Waals surface area (Å²) in [4.78, 5) is 12.5. The zero-order chi connectivity index (χ0) is 12.3. The van der Waals surface area contributed by atoms with Crippen molar-refractivity contribution in [2.75, 3.05) is 6.54 Å². The molecule has 1 aliphatic rings. The Morgan fingerprint density at radius 2 is 2.18 bits per heavy atom. The standard InChI is InChI=1S/C13H18BrNO2/c1-9-6-7-17-12(9)13(16)15-8-10-2-4-11(14)5-3-10/h6-7,10-11H,2-5,8H2,1H3,(H,15,16). The van der Waals surface area contributed by atoms with E-state index < -0.39 is 0 Å². The van der Waals surface area contributed by atoms with Crippen molar-refractivity contribution in [2.24, 2.45) is 5.92 Å². The number of alkyl halides is 1. The molecule has 0 aliphatic heterocycles. The molecule has 0 atom stereocenters. The van der Waals surface area contributed by atoms with Gasteiger partial charge >= 0.3 is 0 Å². The Kier molecular flexibility index (Phi) is 4.26. The van der Waals surface area contributed by atoms with Crippen molar-refractivity contribution in [3.8, 4) is 0 Å². The number of aryl methyl sites for hydroxylation is 1. The first-order valence-corrected chi connectivity index (χ1v) is 7.04. The maximum Gasteiger partial charge on any atom is 0.287 e. The van der Waals surface area contributed by atoms with E-state index in [4.69, 9.17) is 4.42 Å². The van der Waals surface area contributed by atoms with Gasteiger partial charge in [0, 0.05) is 16.9 Å². The quantitative estimate of drug-likeness (QED) is 0.871. The molecule has 0 radical (unpaired) electrons. The van der Waals surface area contributed by atoms with Crippen LogP contribution >= 0.6 is 15.9 Å². The largest absolute Gasteiger partial charge is 0.459 e. The second-order valence-electron chi connectivity index (χ2n) is 4.76. The van der Waals surface area contributed by atoms with Crippen molar-refractivity contribution < 1.29 is 9.21 Å². The number of carbonyl (C=O) groups excluding carboxylic acids is 1. The van der Waals surface area contributed by atoms with Gasteiger partial charge in [0.1, 0.15) is 0 Å². The number of hydrogen-bond donors (Lipinski definition) is 1. The van der Waals surface area contributed by atoms with E-state index in [9.17, 15) is 4.79 Å². The smallest absolute Gasteiger partial charge is 0.287 e. The first kappa shape index (κ1) is 12.7. The van der Waals surface area contributed by atoms with Gasteiger partial charge in [-0.3, -0.25) is 4.79 Å². The maximum absolute atomic E-state index is 11.8. The summed E-state index contributed by atoms with van der Waals surface area (Å²) in [5, 5.41) is 2.96. The Hall–Kier alpha value is -0.770. The molecule has 0 unspecified atom stereocenters. The Morgan fingerprint density at radius 1 is 1.47 bits per heavy atom. The van der Waals surface area contributed by atoms with E-state index in [1.165, 1.54) is 25.7 Å². The molecule has 0 spiro atoms. The van der Waals surface area contributed by atoms with Gasteiger partial charge in [-0.2, -0.15) is 0 Å². The first-order chi connectivity index (χ1) is 8.16. The summed E-state index contributed by atoms with van der Waals surface area (Å²) in [6.07, 6.45) is 6.35. The molecule has 0 aromatic carbocycles. The van der Waals surface area contributed by atoms with Crippen LogP contribution in [0.1, 0.15) is 41.8 Å². The number of hydrogen-bond acceptors (Lipinski definition) is 2. The van der Waals surface area contributed by atoms with Crippen LogP contribution in [0.5, 0.6) is 0 Å². The summed E-state index contributed by atoms with van der Waals surface area (Å²) < 4.78 is 5.16. The molecule has 17 heavy (non-hydrogen) atoms. The van der Waals surface area contributed by atoms with Crippen LogP contribution in [0.25, 0.3) is 0 Å². The molecule has 1 aliphatic carbocycles. The molecule has 1 amide bonds. The summed E-state index contributed by atoms with van der Waals surface area (Å²) in [6, 6.07) is 1.81. The van der Waals surface area contributed by atoms with Gasteiger partial charge in [0.05, 0.1) is 6.26 Å². The number of amides is 1. The van der Waals surface area contributed by atoms with Crippen LogP contribution in [0.2, 0.25) is 0 Å². The minimum absolute atomic E-state index is 0.0894.